The van der Waals surface area contributed by atoms with Crippen LogP contribution in [0.4, 0.5) is 5.69 Å². The number of aliphatic hydroxyl groups excluding tert-OH is 1. The van der Waals surface area contributed by atoms with E-state index >= 15 is 0 Å². The molecule has 0 saturated carbocycles. The Morgan fingerprint density at radius 1 is 0.966 bits per heavy atom. The van der Waals surface area contributed by atoms with Crippen LogP contribution in [0.3, 0.4) is 0 Å². The van der Waals surface area contributed by atoms with Crippen molar-refractivity contribution in [3.8, 4) is 5.75 Å². The van der Waals surface area contributed by atoms with Crippen molar-refractivity contribution in [1.82, 2.24) is 0 Å². The van der Waals surface area contributed by atoms with Gasteiger partial charge in [-0.25, -0.2) is 8.42 Å². The predicted molar refractivity (Wildman–Crippen MR) is 114 cm³/mol. The molecule has 150 valence electrons. The molecule has 0 aromatic heterocycles. The van der Waals surface area contributed by atoms with Crippen molar-refractivity contribution >= 4 is 37.8 Å². The van der Waals surface area contributed by atoms with E-state index in [1.165, 1.54) is 32.0 Å². The van der Waals surface area contributed by atoms with Gasteiger partial charge < -0.3 is 10.2 Å². The van der Waals surface area contributed by atoms with Crippen LogP contribution >= 0.6 is 0 Å². The van der Waals surface area contributed by atoms with Gasteiger partial charge in [0.2, 0.25) is 0 Å². The molecule has 0 saturated heterocycles. The van der Waals surface area contributed by atoms with Crippen molar-refractivity contribution in [2.24, 2.45) is 0 Å². The van der Waals surface area contributed by atoms with Gasteiger partial charge in [-0.2, -0.15) is 0 Å². The van der Waals surface area contributed by atoms with Gasteiger partial charge in [-0.1, -0.05) is 42.0 Å². The minimum Gasteiger partial charge on any atom is -0.512 e. The Bertz CT molecular complexity index is 1240. The normalized spacial score (nSPS) is 12.5. The lowest BCUT2D eigenvalue weighted by Gasteiger charge is -2.16. The number of anilines is 1. The van der Waals surface area contributed by atoms with E-state index in [1.54, 1.807) is 36.4 Å². The maximum Gasteiger partial charge on any atom is 0.261 e. The molecule has 0 aliphatic heterocycles. The molecule has 0 radical (unpaired) electrons. The van der Waals surface area contributed by atoms with Crippen molar-refractivity contribution < 1.29 is 23.4 Å². The molecule has 3 aromatic carbocycles. The molecule has 0 spiro atoms. The van der Waals surface area contributed by atoms with E-state index in [2.05, 4.69) is 4.72 Å². The zero-order valence-electron chi connectivity index (χ0n) is 16.2. The lowest BCUT2D eigenvalue weighted by molar-refractivity contribution is -0.111. The number of hydrogen-bond donors (Lipinski definition) is 3. The Kier molecular flexibility index (Phi) is 5.35. The van der Waals surface area contributed by atoms with E-state index in [9.17, 15) is 23.4 Å². The van der Waals surface area contributed by atoms with Crippen LogP contribution in [0, 0.1) is 6.92 Å². The van der Waals surface area contributed by atoms with Crippen LogP contribution in [0.2, 0.25) is 0 Å². The molecule has 0 unspecified atom stereocenters. The molecule has 29 heavy (non-hydrogen) atoms. The fourth-order valence-electron chi connectivity index (χ4n) is 3.20. The van der Waals surface area contributed by atoms with Crippen molar-refractivity contribution in [2.45, 2.75) is 25.7 Å². The number of carbonyl (C=O) groups excluding carboxylic acids is 1. The third-order valence-corrected chi connectivity index (χ3v) is 5.96. The van der Waals surface area contributed by atoms with Gasteiger partial charge in [0, 0.05) is 16.3 Å². The lowest BCUT2D eigenvalue weighted by Crippen LogP contribution is -2.13. The largest absolute Gasteiger partial charge is 0.512 e. The highest BCUT2D eigenvalue weighted by molar-refractivity contribution is 7.92. The molecule has 0 aliphatic carbocycles. The number of rotatable bonds is 5. The second kappa shape index (κ2) is 7.60. The van der Waals surface area contributed by atoms with Gasteiger partial charge in [0.05, 0.1) is 16.2 Å². The first kappa shape index (κ1) is 20.4. The Morgan fingerprint density at radius 2 is 1.55 bits per heavy atom. The van der Waals surface area contributed by atoms with Gasteiger partial charge >= 0.3 is 0 Å². The number of sulfonamides is 1. The van der Waals surface area contributed by atoms with E-state index in [-0.39, 0.29) is 33.2 Å². The van der Waals surface area contributed by atoms with E-state index < -0.39 is 15.8 Å². The molecule has 0 fully saturated rings. The number of phenols is 1. The number of aromatic hydroxyl groups is 1. The number of allylic oxidation sites excluding steroid dienone is 2. The number of benzene rings is 3. The van der Waals surface area contributed by atoms with Crippen molar-refractivity contribution in [3.05, 3.63) is 71.5 Å². The summed E-state index contributed by atoms with van der Waals surface area (Å²) >= 11 is 0. The van der Waals surface area contributed by atoms with Gasteiger partial charge in [-0.05, 0) is 39.0 Å². The van der Waals surface area contributed by atoms with Gasteiger partial charge in [0.15, 0.2) is 5.78 Å². The Balaban J connectivity index is 2.25. The van der Waals surface area contributed by atoms with Crippen LogP contribution in [-0.2, 0) is 14.8 Å². The molecule has 3 N–H and O–H groups in total. The van der Waals surface area contributed by atoms with E-state index in [1.807, 2.05) is 6.92 Å². The number of Topliss-reactive ketones (excluding diaryl/α,β-unsaturated/α-hetero) is 1. The maximum atomic E-state index is 12.9. The van der Waals surface area contributed by atoms with Crippen LogP contribution in [0.15, 0.2) is 65.3 Å². The second-order valence-corrected chi connectivity index (χ2v) is 8.48. The van der Waals surface area contributed by atoms with E-state index in [4.69, 9.17) is 0 Å². The monoisotopic (exact) mass is 411 g/mol. The summed E-state index contributed by atoms with van der Waals surface area (Å²) in [7, 11) is -3.91. The van der Waals surface area contributed by atoms with Crippen LogP contribution in [0.1, 0.15) is 25.0 Å². The first-order valence-corrected chi connectivity index (χ1v) is 10.4. The summed E-state index contributed by atoms with van der Waals surface area (Å²) in [6.07, 6.45) is 0. The Morgan fingerprint density at radius 3 is 2.10 bits per heavy atom. The first-order chi connectivity index (χ1) is 13.6. The van der Waals surface area contributed by atoms with Crippen molar-refractivity contribution in [3.63, 3.8) is 0 Å². The number of fused-ring (bicyclic) bond motifs is 1. The van der Waals surface area contributed by atoms with Gasteiger partial charge in [0.25, 0.3) is 10.0 Å². The predicted octanol–water partition coefficient (Wildman–Crippen LogP) is 4.53. The lowest BCUT2D eigenvalue weighted by atomic mass is 9.95. The minimum atomic E-state index is -3.91. The quantitative estimate of drug-likeness (QED) is 0.325. The van der Waals surface area contributed by atoms with Crippen LogP contribution in [-0.4, -0.2) is 24.4 Å². The molecule has 3 rings (SSSR count). The number of aryl methyl sites for hydroxylation is 1. The second-order valence-electron chi connectivity index (χ2n) is 6.80. The molecule has 0 atom stereocenters. The molecule has 0 amide bonds. The molecule has 7 heteroatoms. The average molecular weight is 411 g/mol. The van der Waals surface area contributed by atoms with Crippen LogP contribution < -0.4 is 4.72 Å². The first-order valence-electron chi connectivity index (χ1n) is 8.87. The fraction of sp³-hybridized carbons (Fsp3) is 0.136. The summed E-state index contributed by atoms with van der Waals surface area (Å²) in [4.78, 5) is 12.1. The molecule has 0 aliphatic rings. The standard InChI is InChI=1S/C22H21NO5S/c1-13-8-10-16(11-9-13)29(27,28)23-20-12-19(21(14(2)24)15(3)25)22(26)18-7-5-4-6-17(18)20/h4-12,23-24,26H,1-3H3/b21-14-. The molecular formula is C22H21NO5S. The van der Waals surface area contributed by atoms with Crippen molar-refractivity contribution in [2.75, 3.05) is 4.72 Å². The number of ketones is 1. The zero-order valence-corrected chi connectivity index (χ0v) is 17.0. The number of nitrogens with one attached hydrogen (secondary N) is 1. The molecule has 3 aromatic rings. The highest BCUT2D eigenvalue weighted by atomic mass is 32.2. The third kappa shape index (κ3) is 3.95. The summed E-state index contributed by atoms with van der Waals surface area (Å²) in [5.41, 5.74) is 1.09. The highest BCUT2D eigenvalue weighted by Gasteiger charge is 2.22. The van der Waals surface area contributed by atoms with E-state index in [0.29, 0.717) is 10.8 Å². The number of hydrogen-bond acceptors (Lipinski definition) is 5. The molecule has 6 nitrogen and oxygen atoms in total. The summed E-state index contributed by atoms with van der Waals surface area (Å²) in [6.45, 7) is 4.46. The van der Waals surface area contributed by atoms with Gasteiger partial charge in [-0.3, -0.25) is 9.52 Å². The SMILES string of the molecule is CC(=O)/C(=C(\C)O)c1cc(NS(=O)(=O)c2ccc(C)cc2)c2ccccc2c1O. The number of carbonyl (C=O) groups is 1. The highest BCUT2D eigenvalue weighted by Crippen LogP contribution is 2.39. The fourth-order valence-corrected chi connectivity index (χ4v) is 4.27. The average Bonchev–Trinajstić information content (AvgIpc) is 2.65. The number of phenolic OH excluding ortho intramolecular Hbond substituents is 1. The Hall–Kier alpha value is -3.32. The topological polar surface area (TPSA) is 104 Å². The molecule has 0 bridgehead atoms. The molecular weight excluding hydrogens is 390 g/mol. The third-order valence-electron chi connectivity index (χ3n) is 4.57. The summed E-state index contributed by atoms with van der Waals surface area (Å²) in [5.74, 6) is -0.934. The summed E-state index contributed by atoms with van der Waals surface area (Å²) < 4.78 is 28.3. The molecule has 0 heterocycles. The zero-order chi connectivity index (χ0) is 21.3. The van der Waals surface area contributed by atoms with Crippen LogP contribution in [0.5, 0.6) is 5.75 Å². The summed E-state index contributed by atoms with van der Waals surface area (Å²) in [6, 6.07) is 14.4. The van der Waals surface area contributed by atoms with Gasteiger partial charge in [0.1, 0.15) is 11.5 Å². The maximum absolute atomic E-state index is 12.9. The summed E-state index contributed by atoms with van der Waals surface area (Å²) in [5, 5.41) is 21.5. The van der Waals surface area contributed by atoms with Crippen molar-refractivity contribution in [1.29, 1.82) is 0 Å². The minimum absolute atomic E-state index is 0.0535. The Labute approximate surface area is 169 Å². The van der Waals surface area contributed by atoms with E-state index in [0.717, 1.165) is 5.56 Å². The van der Waals surface area contributed by atoms with Crippen LogP contribution in [0.25, 0.3) is 16.3 Å². The number of aliphatic hydroxyl groups is 1. The smallest absolute Gasteiger partial charge is 0.261 e. The van der Waals surface area contributed by atoms with Gasteiger partial charge in [-0.15, -0.1) is 0 Å².